The van der Waals surface area contributed by atoms with Crippen LogP contribution < -0.4 is 10.1 Å². The van der Waals surface area contributed by atoms with Crippen molar-refractivity contribution in [2.24, 2.45) is 0 Å². The summed E-state index contributed by atoms with van der Waals surface area (Å²) in [7, 11) is 1.69. The number of methoxy groups -OCH3 is 1. The Hall–Kier alpha value is -0.580. The minimum Gasteiger partial charge on any atom is -0.491 e. The van der Waals surface area contributed by atoms with Crippen LogP contribution in [0.15, 0.2) is 22.7 Å². The second-order valence-corrected chi connectivity index (χ2v) is 4.81. The lowest BCUT2D eigenvalue weighted by Crippen LogP contribution is -2.18. The standard InChI is InChI=1S/C13H20BrNO2/c1-4-15-8-11-7-12(14)5-6-13(11)17-9-10(2)16-3/h5-7,10,15H,4,8-9H2,1-3H3. The molecular formula is C13H20BrNO2. The Morgan fingerprint density at radius 1 is 1.41 bits per heavy atom. The maximum Gasteiger partial charge on any atom is 0.124 e. The van der Waals surface area contributed by atoms with Crippen molar-refractivity contribution < 1.29 is 9.47 Å². The first-order valence-corrected chi connectivity index (χ1v) is 6.61. The summed E-state index contributed by atoms with van der Waals surface area (Å²) < 4.78 is 12.0. The van der Waals surface area contributed by atoms with Crippen LogP contribution in [0.2, 0.25) is 0 Å². The lowest BCUT2D eigenvalue weighted by Gasteiger charge is -2.15. The lowest BCUT2D eigenvalue weighted by molar-refractivity contribution is 0.0712. The summed E-state index contributed by atoms with van der Waals surface area (Å²) in [6, 6.07) is 6.05. The molecule has 0 heterocycles. The number of nitrogens with one attached hydrogen (secondary N) is 1. The van der Waals surface area contributed by atoms with Crippen molar-refractivity contribution in [1.29, 1.82) is 0 Å². The molecular weight excluding hydrogens is 282 g/mol. The second-order valence-electron chi connectivity index (χ2n) is 3.89. The molecule has 0 saturated heterocycles. The van der Waals surface area contributed by atoms with Crippen LogP contribution in [0.1, 0.15) is 19.4 Å². The highest BCUT2D eigenvalue weighted by Crippen LogP contribution is 2.23. The van der Waals surface area contributed by atoms with Crippen molar-refractivity contribution in [3.05, 3.63) is 28.2 Å². The van der Waals surface area contributed by atoms with E-state index < -0.39 is 0 Å². The molecule has 4 heteroatoms. The number of halogens is 1. The smallest absolute Gasteiger partial charge is 0.124 e. The number of hydrogen-bond donors (Lipinski definition) is 1. The number of ether oxygens (including phenoxy) is 2. The van der Waals surface area contributed by atoms with E-state index in [2.05, 4.69) is 34.2 Å². The monoisotopic (exact) mass is 301 g/mol. The van der Waals surface area contributed by atoms with E-state index in [9.17, 15) is 0 Å². The number of benzene rings is 1. The molecule has 3 nitrogen and oxygen atoms in total. The van der Waals surface area contributed by atoms with E-state index in [0.29, 0.717) is 6.61 Å². The van der Waals surface area contributed by atoms with Gasteiger partial charge in [-0.3, -0.25) is 0 Å². The van der Waals surface area contributed by atoms with Crippen molar-refractivity contribution in [2.45, 2.75) is 26.5 Å². The van der Waals surface area contributed by atoms with Crippen molar-refractivity contribution in [1.82, 2.24) is 5.32 Å². The molecule has 0 aliphatic heterocycles. The maximum absolute atomic E-state index is 5.76. The van der Waals surface area contributed by atoms with Gasteiger partial charge in [0.2, 0.25) is 0 Å². The van der Waals surface area contributed by atoms with Gasteiger partial charge >= 0.3 is 0 Å². The average molecular weight is 302 g/mol. The van der Waals surface area contributed by atoms with E-state index in [4.69, 9.17) is 9.47 Å². The van der Waals surface area contributed by atoms with Gasteiger partial charge < -0.3 is 14.8 Å². The molecule has 0 aromatic heterocycles. The highest BCUT2D eigenvalue weighted by molar-refractivity contribution is 9.10. The molecule has 96 valence electrons. The molecule has 17 heavy (non-hydrogen) atoms. The Labute approximate surface area is 112 Å². The van der Waals surface area contributed by atoms with Gasteiger partial charge in [0.1, 0.15) is 12.4 Å². The third kappa shape index (κ3) is 5.06. The fourth-order valence-corrected chi connectivity index (χ4v) is 1.77. The van der Waals surface area contributed by atoms with Crippen LogP contribution in [-0.2, 0) is 11.3 Å². The molecule has 1 aromatic rings. The van der Waals surface area contributed by atoms with Crippen LogP contribution in [0, 0.1) is 0 Å². The number of rotatable bonds is 7. The molecule has 0 saturated carbocycles. The zero-order valence-electron chi connectivity index (χ0n) is 10.6. The van der Waals surface area contributed by atoms with Crippen LogP contribution in [0.25, 0.3) is 0 Å². The summed E-state index contributed by atoms with van der Waals surface area (Å²) in [4.78, 5) is 0. The third-order valence-corrected chi connectivity index (χ3v) is 2.96. The van der Waals surface area contributed by atoms with Gasteiger partial charge in [0.05, 0.1) is 6.10 Å². The van der Waals surface area contributed by atoms with Gasteiger partial charge in [-0.1, -0.05) is 22.9 Å². The Kier molecular flexibility index (Phi) is 6.55. The SMILES string of the molecule is CCNCc1cc(Br)ccc1OCC(C)OC. The van der Waals surface area contributed by atoms with Crippen molar-refractivity contribution in [2.75, 3.05) is 20.3 Å². The van der Waals surface area contributed by atoms with Crippen LogP contribution in [-0.4, -0.2) is 26.4 Å². The Morgan fingerprint density at radius 3 is 2.82 bits per heavy atom. The van der Waals surface area contributed by atoms with Gasteiger partial charge in [0, 0.05) is 23.7 Å². The minimum atomic E-state index is 0.102. The molecule has 1 N–H and O–H groups in total. The molecule has 1 atom stereocenters. The summed E-state index contributed by atoms with van der Waals surface area (Å²) >= 11 is 3.47. The first-order valence-electron chi connectivity index (χ1n) is 5.82. The summed E-state index contributed by atoms with van der Waals surface area (Å²) in [5.41, 5.74) is 1.16. The molecule has 0 amide bonds. The lowest BCUT2D eigenvalue weighted by atomic mass is 10.2. The summed E-state index contributed by atoms with van der Waals surface area (Å²) in [5, 5.41) is 3.30. The van der Waals surface area contributed by atoms with Crippen LogP contribution in [0.5, 0.6) is 5.75 Å². The van der Waals surface area contributed by atoms with E-state index in [-0.39, 0.29) is 6.10 Å². The molecule has 1 unspecified atom stereocenters. The molecule has 1 rings (SSSR count). The Balaban J connectivity index is 2.68. The first kappa shape index (κ1) is 14.5. The largest absolute Gasteiger partial charge is 0.491 e. The van der Waals surface area contributed by atoms with E-state index in [1.165, 1.54) is 0 Å². The molecule has 0 bridgehead atoms. The van der Waals surface area contributed by atoms with Crippen molar-refractivity contribution in [3.8, 4) is 5.75 Å². The molecule has 0 fully saturated rings. The van der Waals surface area contributed by atoms with Gasteiger partial charge in [0.15, 0.2) is 0 Å². The Bertz CT molecular complexity index is 344. The quantitative estimate of drug-likeness (QED) is 0.840. The number of hydrogen-bond acceptors (Lipinski definition) is 3. The zero-order chi connectivity index (χ0) is 12.7. The second kappa shape index (κ2) is 7.69. The molecule has 0 radical (unpaired) electrons. The summed E-state index contributed by atoms with van der Waals surface area (Å²) in [6.45, 7) is 6.40. The zero-order valence-corrected chi connectivity index (χ0v) is 12.2. The highest BCUT2D eigenvalue weighted by atomic mass is 79.9. The van der Waals surface area contributed by atoms with E-state index in [1.54, 1.807) is 7.11 Å². The average Bonchev–Trinajstić information content (AvgIpc) is 2.34. The van der Waals surface area contributed by atoms with E-state index in [1.807, 2.05) is 19.1 Å². The molecule has 1 aromatic carbocycles. The molecule has 0 aliphatic rings. The van der Waals surface area contributed by atoms with Gasteiger partial charge in [-0.05, 0) is 31.7 Å². The predicted molar refractivity (Wildman–Crippen MR) is 73.5 cm³/mol. The van der Waals surface area contributed by atoms with Gasteiger partial charge in [0.25, 0.3) is 0 Å². The fraction of sp³-hybridized carbons (Fsp3) is 0.538. The van der Waals surface area contributed by atoms with Crippen LogP contribution >= 0.6 is 15.9 Å². The third-order valence-electron chi connectivity index (χ3n) is 2.46. The fourth-order valence-electron chi connectivity index (χ4n) is 1.36. The van der Waals surface area contributed by atoms with Crippen LogP contribution in [0.3, 0.4) is 0 Å². The van der Waals surface area contributed by atoms with E-state index in [0.717, 1.165) is 28.9 Å². The highest BCUT2D eigenvalue weighted by Gasteiger charge is 2.06. The predicted octanol–water partition coefficient (Wildman–Crippen LogP) is 2.97. The minimum absolute atomic E-state index is 0.102. The van der Waals surface area contributed by atoms with Crippen molar-refractivity contribution >= 4 is 15.9 Å². The molecule has 0 spiro atoms. The van der Waals surface area contributed by atoms with Gasteiger partial charge in [-0.25, -0.2) is 0 Å². The van der Waals surface area contributed by atoms with E-state index >= 15 is 0 Å². The Morgan fingerprint density at radius 2 is 2.18 bits per heavy atom. The maximum atomic E-state index is 5.76. The van der Waals surface area contributed by atoms with Gasteiger partial charge in [-0.15, -0.1) is 0 Å². The van der Waals surface area contributed by atoms with Crippen LogP contribution in [0.4, 0.5) is 0 Å². The summed E-state index contributed by atoms with van der Waals surface area (Å²) in [5.74, 6) is 0.915. The molecule has 0 aliphatic carbocycles. The topological polar surface area (TPSA) is 30.5 Å². The van der Waals surface area contributed by atoms with Gasteiger partial charge in [-0.2, -0.15) is 0 Å². The first-order chi connectivity index (χ1) is 8.17. The summed E-state index contributed by atoms with van der Waals surface area (Å²) in [6.07, 6.45) is 0.102. The normalized spacial score (nSPS) is 12.5. The van der Waals surface area contributed by atoms with Crippen molar-refractivity contribution in [3.63, 3.8) is 0 Å².